The van der Waals surface area contributed by atoms with Crippen LogP contribution in [0, 0.1) is 11.3 Å². The average Bonchev–Trinajstić information content (AvgIpc) is 2.55. The summed E-state index contributed by atoms with van der Waals surface area (Å²) in [6.07, 6.45) is 2.82. The predicted molar refractivity (Wildman–Crippen MR) is 81.4 cm³/mol. The number of hydrogen-bond acceptors (Lipinski definition) is 5. The summed E-state index contributed by atoms with van der Waals surface area (Å²) in [6, 6.07) is 8.53. The third kappa shape index (κ3) is 3.31. The first-order valence-corrected chi connectivity index (χ1v) is 7.23. The molecule has 0 fully saturated rings. The maximum atomic E-state index is 12.4. The SMILES string of the molecule is CCCCCn1nc(C(=O)OCC#N)c2ccccc2c1=O. The molecule has 0 aliphatic heterocycles. The number of ether oxygens (including phenoxy) is 1. The van der Waals surface area contributed by atoms with Gasteiger partial charge in [0.2, 0.25) is 0 Å². The molecule has 6 heteroatoms. The fourth-order valence-corrected chi connectivity index (χ4v) is 2.22. The van der Waals surface area contributed by atoms with E-state index in [0.717, 1.165) is 19.3 Å². The lowest BCUT2D eigenvalue weighted by molar-refractivity contribution is 0.0547. The number of aryl methyl sites for hydroxylation is 1. The smallest absolute Gasteiger partial charge is 0.360 e. The average molecular weight is 299 g/mol. The summed E-state index contributed by atoms with van der Waals surface area (Å²) in [6.45, 7) is 2.18. The van der Waals surface area contributed by atoms with Crippen molar-refractivity contribution >= 4 is 16.7 Å². The van der Waals surface area contributed by atoms with E-state index in [2.05, 4.69) is 12.0 Å². The molecule has 1 aromatic heterocycles. The molecule has 0 unspecified atom stereocenters. The first-order chi connectivity index (χ1) is 10.7. The molecule has 6 nitrogen and oxygen atoms in total. The standard InChI is InChI=1S/C16H17N3O3/c1-2-3-6-10-19-15(20)13-8-5-4-7-12(13)14(18-19)16(21)22-11-9-17/h4-5,7-8H,2-3,6,10-11H2,1H3. The van der Waals surface area contributed by atoms with Crippen molar-refractivity contribution in [3.05, 3.63) is 40.3 Å². The summed E-state index contributed by atoms with van der Waals surface area (Å²) in [5, 5.41) is 13.5. The second kappa shape index (κ2) is 7.36. The highest BCUT2D eigenvalue weighted by atomic mass is 16.5. The van der Waals surface area contributed by atoms with Crippen LogP contribution in [0.1, 0.15) is 36.7 Å². The van der Waals surface area contributed by atoms with Gasteiger partial charge >= 0.3 is 5.97 Å². The molecule has 0 amide bonds. The fraction of sp³-hybridized carbons (Fsp3) is 0.375. The van der Waals surface area contributed by atoms with E-state index >= 15 is 0 Å². The zero-order chi connectivity index (χ0) is 15.9. The number of nitrogens with zero attached hydrogens (tertiary/aromatic N) is 3. The summed E-state index contributed by atoms with van der Waals surface area (Å²) < 4.78 is 6.13. The molecule has 0 aliphatic carbocycles. The Hall–Kier alpha value is -2.68. The van der Waals surface area contributed by atoms with Crippen LogP contribution in [0.5, 0.6) is 0 Å². The van der Waals surface area contributed by atoms with Crippen molar-refractivity contribution in [2.24, 2.45) is 0 Å². The topological polar surface area (TPSA) is 85.0 Å². The molecule has 0 bridgehead atoms. The van der Waals surface area contributed by atoms with Crippen LogP contribution in [0.15, 0.2) is 29.1 Å². The molecule has 0 saturated heterocycles. The summed E-state index contributed by atoms with van der Waals surface area (Å²) in [7, 11) is 0. The number of fused-ring (bicyclic) bond motifs is 1. The van der Waals surface area contributed by atoms with E-state index in [1.165, 1.54) is 4.68 Å². The molecule has 0 saturated carbocycles. The van der Waals surface area contributed by atoms with Crippen LogP contribution in [0.4, 0.5) is 0 Å². The van der Waals surface area contributed by atoms with Gasteiger partial charge in [-0.25, -0.2) is 9.48 Å². The maximum Gasteiger partial charge on any atom is 0.360 e. The molecule has 0 spiro atoms. The highest BCUT2D eigenvalue weighted by Gasteiger charge is 2.17. The number of unbranched alkanes of at least 4 members (excludes halogenated alkanes) is 2. The third-order valence-corrected chi connectivity index (χ3v) is 3.30. The van der Waals surface area contributed by atoms with Crippen LogP contribution < -0.4 is 5.56 Å². The van der Waals surface area contributed by atoms with E-state index in [0.29, 0.717) is 17.3 Å². The molecular formula is C16H17N3O3. The Morgan fingerprint density at radius 1 is 1.32 bits per heavy atom. The van der Waals surface area contributed by atoms with Gasteiger partial charge < -0.3 is 4.74 Å². The summed E-state index contributed by atoms with van der Waals surface area (Å²) in [4.78, 5) is 24.5. The normalized spacial score (nSPS) is 10.4. The first kappa shape index (κ1) is 15.7. The van der Waals surface area contributed by atoms with Crippen molar-refractivity contribution < 1.29 is 9.53 Å². The summed E-state index contributed by atoms with van der Waals surface area (Å²) >= 11 is 0. The largest absolute Gasteiger partial charge is 0.445 e. The molecular weight excluding hydrogens is 282 g/mol. The highest BCUT2D eigenvalue weighted by molar-refractivity contribution is 6.02. The van der Waals surface area contributed by atoms with Crippen molar-refractivity contribution in [2.75, 3.05) is 6.61 Å². The number of hydrogen-bond donors (Lipinski definition) is 0. The monoisotopic (exact) mass is 299 g/mol. The maximum absolute atomic E-state index is 12.4. The Kier molecular flexibility index (Phi) is 5.26. The van der Waals surface area contributed by atoms with Gasteiger partial charge in [-0.05, 0) is 12.5 Å². The van der Waals surface area contributed by atoms with Gasteiger partial charge in [0.25, 0.3) is 5.56 Å². The van der Waals surface area contributed by atoms with Crippen LogP contribution in [0.3, 0.4) is 0 Å². The number of rotatable bonds is 6. The predicted octanol–water partition coefficient (Wildman–Crippen LogP) is 2.27. The lowest BCUT2D eigenvalue weighted by Gasteiger charge is -2.09. The van der Waals surface area contributed by atoms with Crippen molar-refractivity contribution in [1.29, 1.82) is 5.26 Å². The van der Waals surface area contributed by atoms with E-state index in [1.807, 2.05) is 0 Å². The number of nitriles is 1. The van der Waals surface area contributed by atoms with Gasteiger partial charge in [-0.3, -0.25) is 4.79 Å². The van der Waals surface area contributed by atoms with E-state index in [1.54, 1.807) is 30.3 Å². The Morgan fingerprint density at radius 3 is 2.73 bits per heavy atom. The minimum atomic E-state index is -0.693. The minimum absolute atomic E-state index is 0.0712. The van der Waals surface area contributed by atoms with Crippen molar-refractivity contribution in [3.8, 4) is 6.07 Å². The lowest BCUT2D eigenvalue weighted by Crippen LogP contribution is -2.26. The molecule has 0 radical (unpaired) electrons. The van der Waals surface area contributed by atoms with Gasteiger partial charge in [-0.2, -0.15) is 10.4 Å². The zero-order valence-electron chi connectivity index (χ0n) is 12.4. The van der Waals surface area contributed by atoms with Gasteiger partial charge in [0.05, 0.1) is 5.39 Å². The quantitative estimate of drug-likeness (QED) is 0.603. The second-order valence-electron chi connectivity index (χ2n) is 4.86. The van der Waals surface area contributed by atoms with Gasteiger partial charge in [0.15, 0.2) is 12.3 Å². The lowest BCUT2D eigenvalue weighted by atomic mass is 10.1. The zero-order valence-corrected chi connectivity index (χ0v) is 12.4. The first-order valence-electron chi connectivity index (χ1n) is 7.23. The Balaban J connectivity index is 2.49. The van der Waals surface area contributed by atoms with Gasteiger partial charge in [0.1, 0.15) is 6.07 Å². The van der Waals surface area contributed by atoms with Crippen molar-refractivity contribution in [2.45, 2.75) is 32.7 Å². The van der Waals surface area contributed by atoms with Crippen LogP contribution in [0.2, 0.25) is 0 Å². The number of carbonyl (C=O) groups excluding carboxylic acids is 1. The molecule has 2 aromatic rings. The fourth-order valence-electron chi connectivity index (χ4n) is 2.22. The molecule has 114 valence electrons. The van der Waals surface area contributed by atoms with Crippen molar-refractivity contribution in [1.82, 2.24) is 9.78 Å². The Labute approximate surface area is 127 Å². The van der Waals surface area contributed by atoms with E-state index < -0.39 is 5.97 Å². The molecule has 0 atom stereocenters. The second-order valence-corrected chi connectivity index (χ2v) is 4.86. The molecule has 0 aliphatic rings. The van der Waals surface area contributed by atoms with Crippen molar-refractivity contribution in [3.63, 3.8) is 0 Å². The highest BCUT2D eigenvalue weighted by Crippen LogP contribution is 2.14. The molecule has 2 rings (SSSR count). The third-order valence-electron chi connectivity index (χ3n) is 3.30. The van der Waals surface area contributed by atoms with Gasteiger partial charge in [0, 0.05) is 11.9 Å². The van der Waals surface area contributed by atoms with Gasteiger partial charge in [-0.1, -0.05) is 38.0 Å². The van der Waals surface area contributed by atoms with Crippen LogP contribution in [-0.2, 0) is 11.3 Å². The van der Waals surface area contributed by atoms with Crippen LogP contribution >= 0.6 is 0 Å². The van der Waals surface area contributed by atoms with Crippen LogP contribution in [-0.4, -0.2) is 22.4 Å². The Morgan fingerprint density at radius 2 is 2.05 bits per heavy atom. The number of carbonyl (C=O) groups is 1. The molecule has 0 N–H and O–H groups in total. The number of aromatic nitrogens is 2. The van der Waals surface area contributed by atoms with Crippen LogP contribution in [0.25, 0.3) is 10.8 Å². The number of benzene rings is 1. The van der Waals surface area contributed by atoms with Gasteiger partial charge in [-0.15, -0.1) is 0 Å². The van der Waals surface area contributed by atoms with E-state index in [-0.39, 0.29) is 17.9 Å². The molecule has 1 aromatic carbocycles. The summed E-state index contributed by atoms with van der Waals surface area (Å²) in [5.41, 5.74) is -0.148. The Bertz CT molecular complexity index is 774. The number of esters is 1. The summed E-state index contributed by atoms with van der Waals surface area (Å²) in [5.74, 6) is -0.693. The molecule has 1 heterocycles. The molecule has 22 heavy (non-hydrogen) atoms. The van der Waals surface area contributed by atoms with E-state index in [9.17, 15) is 9.59 Å². The minimum Gasteiger partial charge on any atom is -0.445 e. The van der Waals surface area contributed by atoms with E-state index in [4.69, 9.17) is 10.00 Å².